The van der Waals surface area contributed by atoms with Gasteiger partial charge in [0.25, 0.3) is 0 Å². The first-order chi connectivity index (χ1) is 12.2. The minimum Gasteiger partial charge on any atom is -0.512 e. The highest BCUT2D eigenvalue weighted by Crippen LogP contribution is 2.05. The van der Waals surface area contributed by atoms with E-state index in [1.165, 1.54) is 0 Å². The normalized spacial score (nSPS) is 13.1. The zero-order valence-corrected chi connectivity index (χ0v) is 15.6. The van der Waals surface area contributed by atoms with Gasteiger partial charge in [0.1, 0.15) is 0 Å². The molecule has 0 spiro atoms. The van der Waals surface area contributed by atoms with Crippen LogP contribution in [0.2, 0.25) is 0 Å². The Morgan fingerprint density at radius 3 is 2.08 bits per heavy atom. The Kier molecular flexibility index (Phi) is 16.8. The second kappa shape index (κ2) is 18.3. The Hall–Kier alpha value is -2.03. The van der Waals surface area contributed by atoms with Gasteiger partial charge in [0.15, 0.2) is 0 Å². The predicted octanol–water partition coefficient (Wildman–Crippen LogP) is 6.66. The van der Waals surface area contributed by atoms with E-state index in [0.717, 1.165) is 51.4 Å². The molecule has 0 rings (SSSR count). The number of carboxylic acids is 1. The molecule has 0 heterocycles. The first kappa shape index (κ1) is 23.0. The Labute approximate surface area is 153 Å². The number of hydrogen-bond acceptors (Lipinski definition) is 2. The third-order valence-corrected chi connectivity index (χ3v) is 3.52. The molecule has 0 aliphatic rings. The van der Waals surface area contributed by atoms with Gasteiger partial charge in [-0.25, -0.2) is 0 Å². The van der Waals surface area contributed by atoms with E-state index in [9.17, 15) is 9.90 Å². The highest BCUT2D eigenvalue weighted by molar-refractivity contribution is 5.66. The summed E-state index contributed by atoms with van der Waals surface area (Å²) in [6.07, 6.45) is 26.9. The van der Waals surface area contributed by atoms with Crippen LogP contribution < -0.4 is 0 Å². The lowest BCUT2D eigenvalue weighted by Gasteiger charge is -1.95. The van der Waals surface area contributed by atoms with E-state index in [-0.39, 0.29) is 6.42 Å². The smallest absolute Gasteiger partial charge is 0.303 e. The summed E-state index contributed by atoms with van der Waals surface area (Å²) in [7, 11) is 0. The number of aliphatic hydroxyl groups is 1. The highest BCUT2D eigenvalue weighted by Gasteiger charge is 1.94. The number of allylic oxidation sites excluding steroid dienone is 9. The van der Waals surface area contributed by atoms with E-state index < -0.39 is 5.97 Å². The lowest BCUT2D eigenvalue weighted by molar-refractivity contribution is -0.137. The number of unbranched alkanes of at least 4 members (excludes halogenated alkanes) is 3. The second-order valence-corrected chi connectivity index (χ2v) is 5.89. The van der Waals surface area contributed by atoms with Gasteiger partial charge in [0.05, 0.1) is 5.76 Å². The standard InChI is InChI=1S/C22H34O3/c1-2-3-4-5-6-7-9-12-15-18-21(23)19-16-13-10-8-11-14-17-20-22(24)25/h3-4,6-7,10,12-13,15,19,23H,2,5,8-9,11,14,16-18,20H2,1H3,(H,24,25)/b4-3-,7-6-,13-10-,15-12-,21-19-. The van der Waals surface area contributed by atoms with Gasteiger partial charge in [0.2, 0.25) is 0 Å². The molecule has 0 unspecified atom stereocenters. The Morgan fingerprint density at radius 1 is 0.760 bits per heavy atom. The summed E-state index contributed by atoms with van der Waals surface area (Å²) < 4.78 is 0. The number of rotatable bonds is 15. The molecular formula is C22H34O3. The third-order valence-electron chi connectivity index (χ3n) is 3.52. The monoisotopic (exact) mass is 346 g/mol. The van der Waals surface area contributed by atoms with E-state index in [1.54, 1.807) is 0 Å². The molecule has 0 aliphatic heterocycles. The Bertz CT molecular complexity index is 468. The molecule has 0 bridgehead atoms. The average Bonchev–Trinajstić information content (AvgIpc) is 2.58. The Morgan fingerprint density at radius 2 is 1.40 bits per heavy atom. The quantitative estimate of drug-likeness (QED) is 0.198. The number of carboxylic acid groups (broad SMARTS) is 1. The van der Waals surface area contributed by atoms with Gasteiger partial charge < -0.3 is 10.2 Å². The number of carbonyl (C=O) groups is 1. The van der Waals surface area contributed by atoms with Crippen molar-refractivity contribution in [2.75, 3.05) is 0 Å². The van der Waals surface area contributed by atoms with Crippen molar-refractivity contribution in [3.05, 3.63) is 60.4 Å². The third kappa shape index (κ3) is 19.9. The van der Waals surface area contributed by atoms with Crippen LogP contribution in [0.4, 0.5) is 0 Å². The molecule has 140 valence electrons. The molecule has 0 radical (unpaired) electrons. The average molecular weight is 347 g/mol. The fourth-order valence-electron chi connectivity index (χ4n) is 2.13. The molecule has 2 N–H and O–H groups in total. The maximum atomic E-state index is 10.4. The van der Waals surface area contributed by atoms with Crippen LogP contribution in [0.3, 0.4) is 0 Å². The fraction of sp³-hybridized carbons (Fsp3) is 0.500. The summed E-state index contributed by atoms with van der Waals surface area (Å²) in [5, 5.41) is 18.3. The van der Waals surface area contributed by atoms with Crippen LogP contribution >= 0.6 is 0 Å². The Balaban J connectivity index is 3.63. The summed E-state index contributed by atoms with van der Waals surface area (Å²) >= 11 is 0. The molecule has 0 atom stereocenters. The van der Waals surface area contributed by atoms with Gasteiger partial charge in [-0.15, -0.1) is 0 Å². The minimum atomic E-state index is -0.717. The molecule has 0 saturated carbocycles. The summed E-state index contributed by atoms with van der Waals surface area (Å²) in [5.74, 6) is -0.317. The van der Waals surface area contributed by atoms with Crippen LogP contribution in [0.5, 0.6) is 0 Å². The number of hydrogen-bond donors (Lipinski definition) is 2. The van der Waals surface area contributed by atoms with Crippen LogP contribution in [0.15, 0.2) is 60.4 Å². The van der Waals surface area contributed by atoms with E-state index in [0.29, 0.717) is 12.2 Å². The first-order valence-corrected chi connectivity index (χ1v) is 9.36. The molecule has 0 amide bonds. The molecule has 0 aliphatic carbocycles. The summed E-state index contributed by atoms with van der Waals surface area (Å²) in [6.45, 7) is 2.13. The molecule has 0 fully saturated rings. The molecule has 0 aromatic carbocycles. The minimum absolute atomic E-state index is 0.263. The van der Waals surface area contributed by atoms with Crippen molar-refractivity contribution in [2.45, 2.75) is 71.1 Å². The van der Waals surface area contributed by atoms with E-state index >= 15 is 0 Å². The maximum absolute atomic E-state index is 10.4. The fourth-order valence-corrected chi connectivity index (χ4v) is 2.13. The van der Waals surface area contributed by atoms with Gasteiger partial charge in [-0.1, -0.05) is 62.0 Å². The molecule has 3 heteroatoms. The van der Waals surface area contributed by atoms with Crippen LogP contribution in [-0.2, 0) is 4.79 Å². The van der Waals surface area contributed by atoms with Gasteiger partial charge in [0, 0.05) is 12.8 Å². The van der Waals surface area contributed by atoms with Gasteiger partial charge in [-0.05, 0) is 51.0 Å². The largest absolute Gasteiger partial charge is 0.512 e. The van der Waals surface area contributed by atoms with Crippen LogP contribution in [0, 0.1) is 0 Å². The van der Waals surface area contributed by atoms with Crippen molar-refractivity contribution < 1.29 is 15.0 Å². The zero-order valence-electron chi connectivity index (χ0n) is 15.6. The highest BCUT2D eigenvalue weighted by atomic mass is 16.4. The summed E-state index contributed by atoms with van der Waals surface area (Å²) in [4.78, 5) is 10.4. The van der Waals surface area contributed by atoms with Gasteiger partial charge >= 0.3 is 5.97 Å². The lowest BCUT2D eigenvalue weighted by atomic mass is 10.1. The zero-order chi connectivity index (χ0) is 18.6. The molecule has 0 aromatic heterocycles. The SMILES string of the molecule is CC/C=C\C/C=C\C/C=C\C/C(O)=C/C/C=C\CCCCCC(=O)O. The van der Waals surface area contributed by atoms with Gasteiger partial charge in [-0.3, -0.25) is 4.79 Å². The summed E-state index contributed by atoms with van der Waals surface area (Å²) in [6, 6.07) is 0. The van der Waals surface area contributed by atoms with E-state index in [4.69, 9.17) is 5.11 Å². The first-order valence-electron chi connectivity index (χ1n) is 9.36. The lowest BCUT2D eigenvalue weighted by Crippen LogP contribution is -1.93. The van der Waals surface area contributed by atoms with Crippen molar-refractivity contribution in [3.63, 3.8) is 0 Å². The predicted molar refractivity (Wildman–Crippen MR) is 107 cm³/mol. The van der Waals surface area contributed by atoms with Crippen LogP contribution in [0.25, 0.3) is 0 Å². The van der Waals surface area contributed by atoms with Crippen molar-refractivity contribution in [1.82, 2.24) is 0 Å². The molecule has 25 heavy (non-hydrogen) atoms. The second-order valence-electron chi connectivity index (χ2n) is 5.89. The molecular weight excluding hydrogens is 312 g/mol. The number of aliphatic hydroxyl groups excluding tert-OH is 1. The van der Waals surface area contributed by atoms with E-state index in [2.05, 4.69) is 43.4 Å². The summed E-state index contributed by atoms with van der Waals surface area (Å²) in [5.41, 5.74) is 0. The molecule has 3 nitrogen and oxygen atoms in total. The van der Waals surface area contributed by atoms with Crippen LogP contribution in [0.1, 0.15) is 71.1 Å². The maximum Gasteiger partial charge on any atom is 0.303 e. The number of aliphatic carboxylic acids is 1. The topological polar surface area (TPSA) is 57.5 Å². The van der Waals surface area contributed by atoms with Crippen LogP contribution in [-0.4, -0.2) is 16.2 Å². The molecule has 0 aromatic rings. The van der Waals surface area contributed by atoms with Crippen molar-refractivity contribution in [2.24, 2.45) is 0 Å². The molecule has 0 saturated heterocycles. The van der Waals surface area contributed by atoms with E-state index in [1.807, 2.05) is 18.2 Å². The van der Waals surface area contributed by atoms with Crippen molar-refractivity contribution in [1.29, 1.82) is 0 Å². The van der Waals surface area contributed by atoms with Gasteiger partial charge in [-0.2, -0.15) is 0 Å². The van der Waals surface area contributed by atoms with Crippen molar-refractivity contribution in [3.8, 4) is 0 Å². The van der Waals surface area contributed by atoms with Crippen molar-refractivity contribution >= 4 is 5.97 Å².